The summed E-state index contributed by atoms with van der Waals surface area (Å²) in [5.74, 6) is 0.416. The molecule has 0 heterocycles. The van der Waals surface area contributed by atoms with Crippen LogP contribution in [0.15, 0.2) is 12.1 Å². The number of carbonyl (C=O) groups excluding carboxylic acids is 2. The standard InChI is InChI=1S/C13H16O5/c1-4-5-12(15)18-13-10(16-2)6-9(8-14)7-11(13)17-3/h6-8H,4-5H2,1-3H3. The van der Waals surface area contributed by atoms with E-state index in [0.717, 1.165) is 0 Å². The van der Waals surface area contributed by atoms with E-state index in [4.69, 9.17) is 14.2 Å². The molecule has 1 aromatic carbocycles. The van der Waals surface area contributed by atoms with Crippen LogP contribution in [0.1, 0.15) is 30.1 Å². The molecule has 0 bridgehead atoms. The number of benzene rings is 1. The lowest BCUT2D eigenvalue weighted by Crippen LogP contribution is -2.09. The third-order valence-corrected chi connectivity index (χ3v) is 2.29. The van der Waals surface area contributed by atoms with Crippen LogP contribution in [0.25, 0.3) is 0 Å². The predicted octanol–water partition coefficient (Wildman–Crippen LogP) is 2.22. The molecular weight excluding hydrogens is 236 g/mol. The fourth-order valence-electron chi connectivity index (χ4n) is 1.44. The predicted molar refractivity (Wildman–Crippen MR) is 65.5 cm³/mol. The number of hydrogen-bond donors (Lipinski definition) is 0. The van der Waals surface area contributed by atoms with Gasteiger partial charge in [-0.05, 0) is 18.6 Å². The van der Waals surface area contributed by atoms with Gasteiger partial charge < -0.3 is 14.2 Å². The zero-order chi connectivity index (χ0) is 13.5. The first-order valence-electron chi connectivity index (χ1n) is 5.58. The van der Waals surface area contributed by atoms with Gasteiger partial charge in [-0.2, -0.15) is 0 Å². The lowest BCUT2D eigenvalue weighted by molar-refractivity contribution is -0.134. The molecule has 0 spiro atoms. The van der Waals surface area contributed by atoms with E-state index in [1.165, 1.54) is 26.4 Å². The van der Waals surface area contributed by atoms with Gasteiger partial charge in [0.1, 0.15) is 6.29 Å². The summed E-state index contributed by atoms with van der Waals surface area (Å²) in [4.78, 5) is 22.3. The first-order valence-corrected chi connectivity index (χ1v) is 5.58. The fraction of sp³-hybridized carbons (Fsp3) is 0.385. The molecule has 0 aromatic heterocycles. The minimum absolute atomic E-state index is 0.198. The maximum Gasteiger partial charge on any atom is 0.311 e. The Bertz CT molecular complexity index is 414. The molecule has 0 aliphatic carbocycles. The molecule has 0 aliphatic rings. The van der Waals surface area contributed by atoms with Gasteiger partial charge in [-0.25, -0.2) is 0 Å². The Balaban J connectivity index is 3.14. The van der Waals surface area contributed by atoms with Crippen molar-refractivity contribution in [1.82, 2.24) is 0 Å². The second kappa shape index (κ2) is 6.64. The minimum Gasteiger partial charge on any atom is -0.493 e. The molecule has 1 aromatic rings. The number of esters is 1. The number of carbonyl (C=O) groups is 2. The Morgan fingerprint density at radius 1 is 1.22 bits per heavy atom. The van der Waals surface area contributed by atoms with Crippen molar-refractivity contribution in [2.45, 2.75) is 19.8 Å². The number of ether oxygens (including phenoxy) is 3. The third-order valence-electron chi connectivity index (χ3n) is 2.29. The van der Waals surface area contributed by atoms with E-state index in [9.17, 15) is 9.59 Å². The highest BCUT2D eigenvalue weighted by Gasteiger charge is 2.17. The van der Waals surface area contributed by atoms with Crippen molar-refractivity contribution in [1.29, 1.82) is 0 Å². The van der Waals surface area contributed by atoms with Gasteiger partial charge in [-0.1, -0.05) is 6.92 Å². The Labute approximate surface area is 106 Å². The van der Waals surface area contributed by atoms with Gasteiger partial charge in [0.25, 0.3) is 0 Å². The summed E-state index contributed by atoms with van der Waals surface area (Å²) in [6.45, 7) is 1.88. The van der Waals surface area contributed by atoms with Crippen LogP contribution in [0.2, 0.25) is 0 Å². The lowest BCUT2D eigenvalue weighted by Gasteiger charge is -2.13. The van der Waals surface area contributed by atoms with E-state index >= 15 is 0 Å². The molecule has 98 valence electrons. The van der Waals surface area contributed by atoms with Crippen LogP contribution in [0.5, 0.6) is 17.2 Å². The SMILES string of the molecule is CCCC(=O)Oc1c(OC)cc(C=O)cc1OC. The maximum absolute atomic E-state index is 11.5. The van der Waals surface area contributed by atoms with Crippen LogP contribution in [-0.2, 0) is 4.79 Å². The van der Waals surface area contributed by atoms with Crippen LogP contribution < -0.4 is 14.2 Å². The van der Waals surface area contributed by atoms with Crippen LogP contribution in [0.3, 0.4) is 0 Å². The molecule has 5 nitrogen and oxygen atoms in total. The molecule has 1 rings (SSSR count). The van der Waals surface area contributed by atoms with E-state index < -0.39 is 0 Å². The van der Waals surface area contributed by atoms with Gasteiger partial charge in [0.2, 0.25) is 5.75 Å². The summed E-state index contributed by atoms with van der Waals surface area (Å²) in [5, 5.41) is 0. The molecule has 0 N–H and O–H groups in total. The largest absolute Gasteiger partial charge is 0.493 e. The second-order valence-corrected chi connectivity index (χ2v) is 3.60. The van der Waals surface area contributed by atoms with Gasteiger partial charge in [-0.3, -0.25) is 9.59 Å². The molecule has 0 saturated carbocycles. The van der Waals surface area contributed by atoms with Crippen molar-refractivity contribution < 1.29 is 23.8 Å². The Hall–Kier alpha value is -2.04. The number of aldehydes is 1. The lowest BCUT2D eigenvalue weighted by atomic mass is 10.2. The highest BCUT2D eigenvalue weighted by molar-refractivity contribution is 5.80. The summed E-state index contributed by atoms with van der Waals surface area (Å²) in [6, 6.07) is 2.98. The quantitative estimate of drug-likeness (QED) is 0.441. The van der Waals surface area contributed by atoms with Crippen LogP contribution in [-0.4, -0.2) is 26.5 Å². The normalized spacial score (nSPS) is 9.72. The number of rotatable bonds is 6. The van der Waals surface area contributed by atoms with Crippen molar-refractivity contribution >= 4 is 12.3 Å². The summed E-state index contributed by atoms with van der Waals surface area (Å²) in [7, 11) is 2.86. The average Bonchev–Trinajstić information content (AvgIpc) is 2.39. The van der Waals surface area contributed by atoms with E-state index in [2.05, 4.69) is 0 Å². The van der Waals surface area contributed by atoms with Crippen LogP contribution in [0.4, 0.5) is 0 Å². The minimum atomic E-state index is -0.368. The van der Waals surface area contributed by atoms with Crippen molar-refractivity contribution in [3.05, 3.63) is 17.7 Å². The Morgan fingerprint density at radius 2 is 1.78 bits per heavy atom. The maximum atomic E-state index is 11.5. The Kier molecular flexibility index (Phi) is 5.17. The first kappa shape index (κ1) is 14.0. The molecule has 18 heavy (non-hydrogen) atoms. The highest BCUT2D eigenvalue weighted by atomic mass is 16.6. The van der Waals surface area contributed by atoms with Crippen molar-refractivity contribution in [2.24, 2.45) is 0 Å². The number of methoxy groups -OCH3 is 2. The molecule has 0 fully saturated rings. The second-order valence-electron chi connectivity index (χ2n) is 3.60. The molecule has 0 amide bonds. The van der Waals surface area contributed by atoms with Gasteiger partial charge in [0, 0.05) is 12.0 Å². The molecule has 0 unspecified atom stereocenters. The van der Waals surface area contributed by atoms with Crippen molar-refractivity contribution in [3.8, 4) is 17.2 Å². The van der Waals surface area contributed by atoms with E-state index in [1.807, 2.05) is 6.92 Å². The smallest absolute Gasteiger partial charge is 0.311 e. The van der Waals surface area contributed by atoms with Gasteiger partial charge in [-0.15, -0.1) is 0 Å². The molecule has 0 aliphatic heterocycles. The zero-order valence-electron chi connectivity index (χ0n) is 10.7. The molecular formula is C13H16O5. The fourth-order valence-corrected chi connectivity index (χ4v) is 1.44. The van der Waals surface area contributed by atoms with E-state index in [0.29, 0.717) is 36.2 Å². The summed E-state index contributed by atoms with van der Waals surface area (Å²) >= 11 is 0. The highest BCUT2D eigenvalue weighted by Crippen LogP contribution is 2.38. The van der Waals surface area contributed by atoms with Crippen molar-refractivity contribution in [2.75, 3.05) is 14.2 Å². The summed E-state index contributed by atoms with van der Waals surface area (Å²) in [6.07, 6.45) is 1.67. The monoisotopic (exact) mass is 252 g/mol. The summed E-state index contributed by atoms with van der Waals surface area (Å²) in [5.41, 5.74) is 0.388. The van der Waals surface area contributed by atoms with Crippen LogP contribution in [0, 0.1) is 0 Å². The summed E-state index contributed by atoms with van der Waals surface area (Å²) < 4.78 is 15.4. The molecule has 0 radical (unpaired) electrons. The molecule has 0 saturated heterocycles. The van der Waals surface area contributed by atoms with E-state index in [-0.39, 0.29) is 11.7 Å². The molecule has 5 heteroatoms. The molecule has 0 atom stereocenters. The van der Waals surface area contributed by atoms with Gasteiger partial charge in [0.15, 0.2) is 11.5 Å². The van der Waals surface area contributed by atoms with E-state index in [1.54, 1.807) is 0 Å². The number of hydrogen-bond acceptors (Lipinski definition) is 5. The third kappa shape index (κ3) is 3.23. The van der Waals surface area contributed by atoms with Gasteiger partial charge >= 0.3 is 5.97 Å². The first-order chi connectivity index (χ1) is 8.65. The average molecular weight is 252 g/mol. The van der Waals surface area contributed by atoms with Crippen LogP contribution >= 0.6 is 0 Å². The van der Waals surface area contributed by atoms with Gasteiger partial charge in [0.05, 0.1) is 14.2 Å². The zero-order valence-corrected chi connectivity index (χ0v) is 10.7. The Morgan fingerprint density at radius 3 is 2.17 bits per heavy atom. The topological polar surface area (TPSA) is 61.8 Å². The van der Waals surface area contributed by atoms with Crippen molar-refractivity contribution in [3.63, 3.8) is 0 Å².